The summed E-state index contributed by atoms with van der Waals surface area (Å²) in [4.78, 5) is 15.0. The van der Waals surface area contributed by atoms with E-state index in [-0.39, 0.29) is 0 Å². The molecule has 0 bridgehead atoms. The summed E-state index contributed by atoms with van der Waals surface area (Å²) in [7, 11) is 0. The molecule has 0 spiro atoms. The van der Waals surface area contributed by atoms with Gasteiger partial charge in [0, 0.05) is 49.5 Å². The van der Waals surface area contributed by atoms with Gasteiger partial charge in [0.2, 0.25) is 0 Å². The van der Waals surface area contributed by atoms with Gasteiger partial charge in [-0.3, -0.25) is 0 Å². The maximum absolute atomic E-state index is 6.50. The van der Waals surface area contributed by atoms with Crippen LogP contribution in [0.3, 0.4) is 0 Å². The summed E-state index contributed by atoms with van der Waals surface area (Å²) in [6, 6.07) is 67.5. The second kappa shape index (κ2) is 13.0. The highest BCUT2D eigenvalue weighted by atomic mass is 16.3. The van der Waals surface area contributed by atoms with Crippen LogP contribution >= 0.6 is 0 Å². The number of nitrogens with zero attached hydrogens (tertiary/aromatic N) is 4. The summed E-state index contributed by atoms with van der Waals surface area (Å²) in [5.74, 6) is 1.89. The van der Waals surface area contributed by atoms with Crippen molar-refractivity contribution in [3.8, 4) is 62.1 Å². The van der Waals surface area contributed by atoms with E-state index in [1.54, 1.807) is 0 Å². The Labute approximate surface area is 322 Å². The molecule has 3 heterocycles. The Morgan fingerprint density at radius 2 is 0.857 bits per heavy atom. The zero-order valence-electron chi connectivity index (χ0n) is 30.2. The molecule has 0 fully saturated rings. The highest BCUT2D eigenvalue weighted by molar-refractivity contribution is 6.14. The first-order valence-corrected chi connectivity index (χ1v) is 18.8. The van der Waals surface area contributed by atoms with Crippen molar-refractivity contribution in [2.45, 2.75) is 0 Å². The zero-order chi connectivity index (χ0) is 37.0. The molecule has 11 aromatic rings. The molecule has 0 amide bonds. The molecule has 262 valence electrons. The maximum Gasteiger partial charge on any atom is 0.164 e. The second-order valence-electron chi connectivity index (χ2n) is 14.0. The van der Waals surface area contributed by atoms with Crippen molar-refractivity contribution in [1.29, 1.82) is 0 Å². The van der Waals surface area contributed by atoms with Gasteiger partial charge in [-0.05, 0) is 59.2 Å². The standard InChI is InChI=1S/C51H32N4O/c1-4-14-33(15-5-1)36-26-28-45-43(31-36)44-32-37(40-23-13-24-42-41-22-10-11-25-47(41)56-48(40)42)27-29-46(44)55(45)39-21-12-20-38(30-39)51-53-49(34-16-6-2-7-17-34)52-50(54-51)35-18-8-3-9-19-35/h1-32H. The van der Waals surface area contributed by atoms with Crippen molar-refractivity contribution in [2.24, 2.45) is 0 Å². The summed E-state index contributed by atoms with van der Waals surface area (Å²) in [6.45, 7) is 0. The van der Waals surface area contributed by atoms with Gasteiger partial charge in [0.25, 0.3) is 0 Å². The van der Waals surface area contributed by atoms with Gasteiger partial charge in [0.1, 0.15) is 11.2 Å². The molecule has 0 aliphatic heterocycles. The van der Waals surface area contributed by atoms with Crippen LogP contribution in [0.4, 0.5) is 0 Å². The van der Waals surface area contributed by atoms with Crippen molar-refractivity contribution in [2.75, 3.05) is 0 Å². The largest absolute Gasteiger partial charge is 0.455 e. The average molecular weight is 717 g/mol. The van der Waals surface area contributed by atoms with Crippen LogP contribution in [0.1, 0.15) is 0 Å². The van der Waals surface area contributed by atoms with Crippen LogP contribution in [0.25, 0.3) is 106 Å². The van der Waals surface area contributed by atoms with Gasteiger partial charge in [-0.2, -0.15) is 0 Å². The molecule has 5 heteroatoms. The number of furan rings is 1. The van der Waals surface area contributed by atoms with E-state index in [9.17, 15) is 0 Å². The van der Waals surface area contributed by atoms with Gasteiger partial charge in [0.15, 0.2) is 17.5 Å². The summed E-state index contributed by atoms with van der Waals surface area (Å²) >= 11 is 0. The first-order chi connectivity index (χ1) is 27.7. The minimum absolute atomic E-state index is 0.618. The number of para-hydroxylation sites is 2. The van der Waals surface area contributed by atoms with Crippen LogP contribution in [0.15, 0.2) is 199 Å². The van der Waals surface area contributed by atoms with Crippen LogP contribution in [0.5, 0.6) is 0 Å². The van der Waals surface area contributed by atoms with E-state index in [4.69, 9.17) is 19.4 Å². The maximum atomic E-state index is 6.50. The topological polar surface area (TPSA) is 56.7 Å². The molecule has 0 aliphatic rings. The normalized spacial score (nSPS) is 11.6. The molecule has 5 nitrogen and oxygen atoms in total. The lowest BCUT2D eigenvalue weighted by Gasteiger charge is -2.12. The van der Waals surface area contributed by atoms with E-state index in [2.05, 4.69) is 126 Å². The Hall–Kier alpha value is -7.63. The van der Waals surface area contributed by atoms with Crippen molar-refractivity contribution in [3.63, 3.8) is 0 Å². The molecule has 0 unspecified atom stereocenters. The SMILES string of the molecule is c1ccc(-c2ccc3c(c2)c2cc(-c4cccc5c4oc4ccccc45)ccc2n3-c2cccc(-c3nc(-c4ccccc4)nc(-c4ccccc4)n3)c2)cc1. The first-order valence-electron chi connectivity index (χ1n) is 18.8. The summed E-state index contributed by atoms with van der Waals surface area (Å²) in [6.07, 6.45) is 0. The molecule has 0 saturated carbocycles. The number of aromatic nitrogens is 4. The Kier molecular flexibility index (Phi) is 7.42. The zero-order valence-corrected chi connectivity index (χ0v) is 30.2. The number of hydrogen-bond donors (Lipinski definition) is 0. The Morgan fingerprint density at radius 1 is 0.339 bits per heavy atom. The summed E-state index contributed by atoms with van der Waals surface area (Å²) in [5, 5.41) is 4.57. The molecular formula is C51H32N4O. The molecule has 0 N–H and O–H groups in total. The van der Waals surface area contributed by atoms with Gasteiger partial charge >= 0.3 is 0 Å². The lowest BCUT2D eigenvalue weighted by atomic mass is 9.99. The van der Waals surface area contributed by atoms with E-state index in [1.807, 2.05) is 72.8 Å². The van der Waals surface area contributed by atoms with E-state index in [1.165, 1.54) is 16.5 Å². The van der Waals surface area contributed by atoms with E-state index in [0.29, 0.717) is 17.5 Å². The Balaban J connectivity index is 1.11. The van der Waals surface area contributed by atoms with E-state index < -0.39 is 0 Å². The second-order valence-corrected chi connectivity index (χ2v) is 14.0. The highest BCUT2D eigenvalue weighted by Gasteiger charge is 2.19. The lowest BCUT2D eigenvalue weighted by Crippen LogP contribution is -2.01. The van der Waals surface area contributed by atoms with Crippen molar-refractivity contribution < 1.29 is 4.42 Å². The molecule has 11 rings (SSSR count). The predicted molar refractivity (Wildman–Crippen MR) is 229 cm³/mol. The Bertz CT molecular complexity index is 3180. The molecule has 0 saturated heterocycles. The van der Waals surface area contributed by atoms with Crippen molar-refractivity contribution in [1.82, 2.24) is 19.5 Å². The van der Waals surface area contributed by atoms with Gasteiger partial charge in [-0.25, -0.2) is 15.0 Å². The van der Waals surface area contributed by atoms with Crippen molar-refractivity contribution in [3.05, 3.63) is 194 Å². The third-order valence-electron chi connectivity index (χ3n) is 10.6. The average Bonchev–Trinajstić information content (AvgIpc) is 3.82. The van der Waals surface area contributed by atoms with Crippen LogP contribution in [-0.4, -0.2) is 19.5 Å². The smallest absolute Gasteiger partial charge is 0.164 e. The minimum Gasteiger partial charge on any atom is -0.455 e. The van der Waals surface area contributed by atoms with Gasteiger partial charge in [0.05, 0.1) is 11.0 Å². The summed E-state index contributed by atoms with van der Waals surface area (Å²) < 4.78 is 8.85. The third-order valence-corrected chi connectivity index (χ3v) is 10.6. The van der Waals surface area contributed by atoms with Crippen molar-refractivity contribution >= 4 is 43.7 Å². The van der Waals surface area contributed by atoms with Crippen LogP contribution in [0, 0.1) is 0 Å². The molecular weight excluding hydrogens is 685 g/mol. The molecule has 56 heavy (non-hydrogen) atoms. The minimum atomic E-state index is 0.618. The fourth-order valence-electron chi connectivity index (χ4n) is 7.98. The van der Waals surface area contributed by atoms with E-state index >= 15 is 0 Å². The molecule has 0 aliphatic carbocycles. The number of fused-ring (bicyclic) bond motifs is 6. The highest BCUT2D eigenvalue weighted by Crippen LogP contribution is 2.41. The van der Waals surface area contributed by atoms with E-state index in [0.717, 1.165) is 71.9 Å². The number of rotatable bonds is 6. The monoisotopic (exact) mass is 716 g/mol. The fourth-order valence-corrected chi connectivity index (χ4v) is 7.98. The van der Waals surface area contributed by atoms with Gasteiger partial charge < -0.3 is 8.98 Å². The lowest BCUT2D eigenvalue weighted by molar-refractivity contribution is 0.670. The van der Waals surface area contributed by atoms with Gasteiger partial charge in [-0.15, -0.1) is 0 Å². The fraction of sp³-hybridized carbons (Fsp3) is 0. The molecule has 0 radical (unpaired) electrons. The van der Waals surface area contributed by atoms with Gasteiger partial charge in [-0.1, -0.05) is 152 Å². The third kappa shape index (κ3) is 5.37. The summed E-state index contributed by atoms with van der Waals surface area (Å²) in [5.41, 5.74) is 12.3. The molecule has 0 atom stereocenters. The van der Waals surface area contributed by atoms with Crippen LogP contribution in [-0.2, 0) is 0 Å². The molecule has 8 aromatic carbocycles. The number of hydrogen-bond acceptors (Lipinski definition) is 4. The molecule has 3 aromatic heterocycles. The van der Waals surface area contributed by atoms with Crippen LogP contribution in [0.2, 0.25) is 0 Å². The number of benzene rings is 8. The Morgan fingerprint density at radius 3 is 1.54 bits per heavy atom. The van der Waals surface area contributed by atoms with Crippen LogP contribution < -0.4 is 0 Å². The first kappa shape index (κ1) is 31.9. The quantitative estimate of drug-likeness (QED) is 0.172. The predicted octanol–water partition coefficient (Wildman–Crippen LogP) is 13.2.